The minimum absolute atomic E-state index is 0.0327. The van der Waals surface area contributed by atoms with Crippen LogP contribution in [0.25, 0.3) is 0 Å². The summed E-state index contributed by atoms with van der Waals surface area (Å²) in [6.45, 7) is 11.5. The number of likely N-dealkylation sites (tertiary alicyclic amines) is 1. The van der Waals surface area contributed by atoms with Crippen molar-refractivity contribution in [3.63, 3.8) is 0 Å². The highest BCUT2D eigenvalue weighted by Crippen LogP contribution is 2.23. The van der Waals surface area contributed by atoms with Crippen LogP contribution in [0.4, 0.5) is 0 Å². The van der Waals surface area contributed by atoms with Gasteiger partial charge in [0, 0.05) is 90.3 Å². The molecule has 0 aliphatic carbocycles. The van der Waals surface area contributed by atoms with Crippen molar-refractivity contribution < 1.29 is 57.5 Å². The van der Waals surface area contributed by atoms with Gasteiger partial charge in [0.1, 0.15) is 48.3 Å². The number of rotatable bonds is 13. The van der Waals surface area contributed by atoms with Crippen molar-refractivity contribution >= 4 is 105 Å². The lowest BCUT2D eigenvalue weighted by atomic mass is 9.97. The SMILES string of the molecule is CC[C@H](C)[C@@H]1NC(=O)[C@H](C)N(C)C(=O)C[C@@H](C(=O)N2CCCCC2)NC(=O)[C@H](CC(C)C)N(C)C(=O)[C@H](Cc2ccccc2)N(C)C(=O)[C@H](CC(C)C)NC(=O)[C@H](Cc2cccc(I)c2)NC(=O)CN(C)C(=O)[C@H](Cc2ccc(Cl)cc2)N(C)C(=O)CN(C)C(=O)CN(C)C1=O. The van der Waals surface area contributed by atoms with E-state index in [-0.39, 0.29) is 43.9 Å². The van der Waals surface area contributed by atoms with Gasteiger partial charge in [-0.05, 0) is 120 Å². The highest BCUT2D eigenvalue weighted by molar-refractivity contribution is 14.1. The molecule has 2 aliphatic rings. The Morgan fingerprint density at radius 1 is 0.521 bits per heavy atom. The van der Waals surface area contributed by atoms with E-state index in [4.69, 9.17) is 11.6 Å². The van der Waals surface area contributed by atoms with Gasteiger partial charge in [-0.3, -0.25) is 57.5 Å². The maximum atomic E-state index is 15.5. The van der Waals surface area contributed by atoms with Crippen LogP contribution in [-0.2, 0) is 76.8 Å². The highest BCUT2D eigenvalue weighted by Gasteiger charge is 2.42. The third-order valence-corrected chi connectivity index (χ3v) is 19.0. The summed E-state index contributed by atoms with van der Waals surface area (Å²) in [6, 6.07) is 12.6. The fraction of sp³-hybridized carbons (Fsp3) is 0.571. The van der Waals surface area contributed by atoms with Gasteiger partial charge in [0.15, 0.2) is 0 Å². The van der Waals surface area contributed by atoms with Gasteiger partial charge in [0.05, 0.1) is 26.1 Å². The maximum absolute atomic E-state index is 15.5. The first-order chi connectivity index (χ1) is 45.2. The fourth-order valence-corrected chi connectivity index (χ4v) is 12.4. The molecular formula is C70H100ClIN12O12. The number of piperidine rings is 1. The van der Waals surface area contributed by atoms with E-state index in [9.17, 15) is 43.2 Å². The molecule has 2 saturated heterocycles. The van der Waals surface area contributed by atoms with Crippen LogP contribution in [0.15, 0.2) is 78.9 Å². The number of nitrogens with one attached hydrogen (secondary N) is 4. The van der Waals surface area contributed by atoms with E-state index in [2.05, 4.69) is 43.9 Å². The molecule has 96 heavy (non-hydrogen) atoms. The number of carbonyl (C=O) groups excluding carboxylic acids is 12. The zero-order valence-corrected chi connectivity index (χ0v) is 61.1. The van der Waals surface area contributed by atoms with Gasteiger partial charge in [0.2, 0.25) is 70.9 Å². The van der Waals surface area contributed by atoms with E-state index in [0.717, 1.165) is 29.6 Å². The molecule has 2 heterocycles. The van der Waals surface area contributed by atoms with Gasteiger partial charge in [-0.2, -0.15) is 0 Å². The van der Waals surface area contributed by atoms with E-state index in [1.54, 1.807) is 78.6 Å². The summed E-state index contributed by atoms with van der Waals surface area (Å²) in [7, 11) is 9.77. The van der Waals surface area contributed by atoms with Crippen molar-refractivity contribution in [3.8, 4) is 0 Å². The van der Waals surface area contributed by atoms with Gasteiger partial charge in [0.25, 0.3) is 0 Å². The second kappa shape index (κ2) is 37.2. The zero-order valence-electron chi connectivity index (χ0n) is 58.2. The lowest BCUT2D eigenvalue weighted by Gasteiger charge is -2.37. The Morgan fingerprint density at radius 2 is 1.08 bits per heavy atom. The molecule has 0 bridgehead atoms. The van der Waals surface area contributed by atoms with Crippen LogP contribution in [0, 0.1) is 21.3 Å². The molecule has 0 radical (unpaired) electrons. The van der Waals surface area contributed by atoms with E-state index < -0.39 is 151 Å². The van der Waals surface area contributed by atoms with Gasteiger partial charge in [-0.15, -0.1) is 0 Å². The summed E-state index contributed by atoms with van der Waals surface area (Å²) in [5, 5.41) is 11.8. The van der Waals surface area contributed by atoms with E-state index in [1.165, 1.54) is 71.0 Å². The number of halogens is 2. The van der Waals surface area contributed by atoms with Gasteiger partial charge in [-0.1, -0.05) is 114 Å². The minimum atomic E-state index is -1.46. The van der Waals surface area contributed by atoms with Crippen LogP contribution in [-0.4, -0.2) is 240 Å². The Balaban J connectivity index is 1.63. The predicted octanol–water partition coefficient (Wildman–Crippen LogP) is 4.17. The van der Waals surface area contributed by atoms with E-state index in [0.29, 0.717) is 54.1 Å². The molecule has 4 N–H and O–H groups in total. The van der Waals surface area contributed by atoms with Crippen molar-refractivity contribution in [3.05, 3.63) is 104 Å². The predicted molar refractivity (Wildman–Crippen MR) is 374 cm³/mol. The average Bonchev–Trinajstić information content (AvgIpc) is 0.829. The summed E-state index contributed by atoms with van der Waals surface area (Å²) < 4.78 is 0.840. The first kappa shape index (κ1) is 79.0. The van der Waals surface area contributed by atoms with Crippen LogP contribution in [0.2, 0.25) is 5.02 Å². The molecule has 3 aromatic rings. The molecule has 24 nitrogen and oxygen atoms in total. The number of hydrogen-bond acceptors (Lipinski definition) is 12. The summed E-state index contributed by atoms with van der Waals surface area (Å²) in [4.78, 5) is 186. The van der Waals surface area contributed by atoms with Crippen molar-refractivity contribution in [2.75, 3.05) is 82.1 Å². The summed E-state index contributed by atoms with van der Waals surface area (Å²) in [5.74, 6) is -9.07. The molecular weight excluding hydrogens is 1360 g/mol. The molecule has 0 spiro atoms. The Morgan fingerprint density at radius 3 is 1.68 bits per heavy atom. The third-order valence-electron chi connectivity index (χ3n) is 18.1. The molecule has 2 fully saturated rings. The summed E-state index contributed by atoms with van der Waals surface area (Å²) >= 11 is 8.37. The van der Waals surface area contributed by atoms with Crippen LogP contribution >= 0.6 is 34.2 Å². The minimum Gasteiger partial charge on any atom is -0.342 e. The topological polar surface area (TPSA) is 279 Å². The monoisotopic (exact) mass is 1460 g/mol. The number of carbonyl (C=O) groups is 12. The largest absolute Gasteiger partial charge is 0.342 e. The van der Waals surface area contributed by atoms with Crippen molar-refractivity contribution in [1.29, 1.82) is 0 Å². The average molecular weight is 1460 g/mol. The molecule has 9 atom stereocenters. The van der Waals surface area contributed by atoms with Crippen molar-refractivity contribution in [2.45, 2.75) is 161 Å². The maximum Gasteiger partial charge on any atom is 0.246 e. The van der Waals surface area contributed by atoms with Crippen molar-refractivity contribution in [2.24, 2.45) is 17.8 Å². The first-order valence-electron chi connectivity index (χ1n) is 33.0. The molecule has 5 rings (SSSR count). The number of hydrogen-bond donors (Lipinski definition) is 4. The third kappa shape index (κ3) is 22.7. The number of nitrogens with zero attached hydrogens (tertiary/aromatic N) is 8. The normalized spacial score (nSPS) is 23.9. The molecule has 12 amide bonds. The standard InChI is InChI=1S/C70H100ClIN12O12/c1-15-45(6)62-70(96)79(10)41-60(87)77(8)42-61(88)81(12)56(38-48-27-29-50(71)30-28-48)68(94)78(9)40-58(85)73-52(36-49-25-22-26-51(72)35-49)64(90)74-53(33-43(2)3)66(92)83(14)57(37-47-23-18-16-19-24-47)69(95)82(13)55(34-44(4)5)65(91)75-54(67(93)84-31-20-17-21-32-84)39-59(86)80(11)46(7)63(89)76-62/h16,18-19,22-30,35,43-46,52-57,62H,15,17,20-21,31-34,36-42H2,1-14H3,(H,73,85)(H,74,90)(H,75,91)(H,76,89)/t45-,46-,52-,53-,54-,55-,56-,57-,62-/m0/s1. The summed E-state index contributed by atoms with van der Waals surface area (Å²) in [6.07, 6.45) is 2.09. The Labute approximate surface area is 584 Å². The van der Waals surface area contributed by atoms with Gasteiger partial charge >= 0.3 is 0 Å². The van der Waals surface area contributed by atoms with Gasteiger partial charge in [-0.25, -0.2) is 0 Å². The molecule has 0 aromatic heterocycles. The Bertz CT molecular complexity index is 3230. The lowest BCUT2D eigenvalue weighted by Crippen LogP contribution is -2.61. The van der Waals surface area contributed by atoms with Crippen LogP contribution in [0.1, 0.15) is 110 Å². The Hall–Kier alpha value is -7.68. The van der Waals surface area contributed by atoms with Crippen molar-refractivity contribution in [1.82, 2.24) is 60.5 Å². The van der Waals surface area contributed by atoms with Crippen LogP contribution in [0.5, 0.6) is 0 Å². The molecule has 0 saturated carbocycles. The molecule has 26 heteroatoms. The Kier molecular flexibility index (Phi) is 30.6. The highest BCUT2D eigenvalue weighted by atomic mass is 127. The number of amides is 12. The summed E-state index contributed by atoms with van der Waals surface area (Å²) in [5.41, 5.74) is 1.93. The second-order valence-corrected chi connectivity index (χ2v) is 28.3. The quantitative estimate of drug-likeness (QED) is 0.176. The van der Waals surface area contributed by atoms with Gasteiger partial charge < -0.3 is 60.5 Å². The molecule has 3 aromatic carbocycles. The number of likely N-dealkylation sites (N-methyl/N-ethyl adjacent to an activating group) is 7. The molecule has 2 aliphatic heterocycles. The molecule has 0 unspecified atom stereocenters. The smallest absolute Gasteiger partial charge is 0.246 e. The van der Waals surface area contributed by atoms with E-state index >= 15 is 14.4 Å². The molecule has 526 valence electrons. The van der Waals surface area contributed by atoms with Crippen LogP contribution < -0.4 is 21.3 Å². The number of benzene rings is 3. The zero-order chi connectivity index (χ0) is 71.4. The lowest BCUT2D eigenvalue weighted by molar-refractivity contribution is -0.150. The fourth-order valence-electron chi connectivity index (χ4n) is 11.7. The van der Waals surface area contributed by atoms with Crippen LogP contribution in [0.3, 0.4) is 0 Å². The second-order valence-electron chi connectivity index (χ2n) is 26.6. The first-order valence-corrected chi connectivity index (χ1v) is 34.5. The van der Waals surface area contributed by atoms with E-state index in [1.807, 2.05) is 46.8 Å².